The smallest absolute Gasteiger partial charge is 0.292 e. The van der Waals surface area contributed by atoms with E-state index >= 15 is 0 Å². The second-order valence-electron chi connectivity index (χ2n) is 6.01. The Hall–Kier alpha value is -1.62. The molecule has 2 saturated carbocycles. The molecule has 1 aromatic rings. The number of hydrogen-bond acceptors (Lipinski definition) is 4. The number of rotatable bonds is 6. The highest BCUT2D eigenvalue weighted by Crippen LogP contribution is 2.41. The van der Waals surface area contributed by atoms with Gasteiger partial charge in [-0.2, -0.15) is 0 Å². The van der Waals surface area contributed by atoms with Crippen LogP contribution in [0, 0.1) is 16.0 Å². The standard InChI is InChI=1S/C15H20N2O3/c1-10(18)12-4-7-14(15(8-12)17(19)20)16(13-5-6-13)9-11-2-3-11/h4,7-8,10-11,13,18H,2-3,5-6,9H2,1H3. The maximum absolute atomic E-state index is 11.3. The molecule has 1 aromatic carbocycles. The Bertz CT molecular complexity index is 522. The highest BCUT2D eigenvalue weighted by molar-refractivity contribution is 5.65. The lowest BCUT2D eigenvalue weighted by Crippen LogP contribution is -2.28. The summed E-state index contributed by atoms with van der Waals surface area (Å²) in [7, 11) is 0. The van der Waals surface area contributed by atoms with Crippen molar-refractivity contribution in [2.75, 3.05) is 11.4 Å². The topological polar surface area (TPSA) is 66.6 Å². The van der Waals surface area contributed by atoms with Crippen molar-refractivity contribution >= 4 is 11.4 Å². The Morgan fingerprint density at radius 3 is 2.60 bits per heavy atom. The molecule has 0 spiro atoms. The number of aliphatic hydroxyl groups excluding tert-OH is 1. The summed E-state index contributed by atoms with van der Waals surface area (Å²) < 4.78 is 0. The zero-order chi connectivity index (χ0) is 14.3. The molecule has 5 nitrogen and oxygen atoms in total. The summed E-state index contributed by atoms with van der Waals surface area (Å²) in [6.07, 6.45) is 4.05. The Kier molecular flexibility index (Phi) is 3.38. The average molecular weight is 276 g/mol. The molecule has 0 bridgehead atoms. The van der Waals surface area contributed by atoms with Crippen LogP contribution in [0.1, 0.15) is 44.3 Å². The predicted octanol–water partition coefficient (Wildman–Crippen LogP) is 3.03. The number of hydrogen-bond donors (Lipinski definition) is 1. The molecule has 5 heteroatoms. The highest BCUT2D eigenvalue weighted by Gasteiger charge is 2.36. The fourth-order valence-electron chi connectivity index (χ4n) is 2.60. The summed E-state index contributed by atoms with van der Waals surface area (Å²) in [5.41, 5.74) is 1.44. The zero-order valence-corrected chi connectivity index (χ0v) is 11.7. The van der Waals surface area contributed by atoms with Crippen LogP contribution in [0.3, 0.4) is 0 Å². The SMILES string of the molecule is CC(O)c1ccc(N(CC2CC2)C2CC2)c([N+](=O)[O-])c1. The first-order valence-corrected chi connectivity index (χ1v) is 7.29. The van der Waals surface area contributed by atoms with E-state index in [1.54, 1.807) is 19.1 Å². The van der Waals surface area contributed by atoms with Gasteiger partial charge < -0.3 is 10.0 Å². The molecule has 0 heterocycles. The van der Waals surface area contributed by atoms with Crippen molar-refractivity contribution in [2.24, 2.45) is 5.92 Å². The first-order chi connectivity index (χ1) is 9.56. The van der Waals surface area contributed by atoms with E-state index in [-0.39, 0.29) is 10.6 Å². The Morgan fingerprint density at radius 2 is 2.10 bits per heavy atom. The van der Waals surface area contributed by atoms with Crippen molar-refractivity contribution in [2.45, 2.75) is 44.8 Å². The lowest BCUT2D eigenvalue weighted by atomic mass is 10.1. The van der Waals surface area contributed by atoms with Gasteiger partial charge in [-0.1, -0.05) is 6.07 Å². The molecule has 0 amide bonds. The number of nitro groups is 1. The van der Waals surface area contributed by atoms with Gasteiger partial charge in [0.1, 0.15) is 5.69 Å². The molecule has 1 atom stereocenters. The van der Waals surface area contributed by atoms with Gasteiger partial charge in [0.05, 0.1) is 11.0 Å². The van der Waals surface area contributed by atoms with Crippen LogP contribution in [0.4, 0.5) is 11.4 Å². The molecule has 20 heavy (non-hydrogen) atoms. The minimum atomic E-state index is -0.680. The van der Waals surface area contributed by atoms with Gasteiger partial charge in [0.15, 0.2) is 0 Å². The molecule has 3 rings (SSSR count). The van der Waals surface area contributed by atoms with E-state index in [9.17, 15) is 15.2 Å². The molecular formula is C15H20N2O3. The monoisotopic (exact) mass is 276 g/mol. The van der Waals surface area contributed by atoms with Crippen LogP contribution < -0.4 is 4.90 Å². The third-order valence-electron chi connectivity index (χ3n) is 4.13. The average Bonchev–Trinajstić information content (AvgIpc) is 3.26. The Labute approximate surface area is 118 Å². The van der Waals surface area contributed by atoms with Crippen molar-refractivity contribution in [3.05, 3.63) is 33.9 Å². The van der Waals surface area contributed by atoms with Crippen LogP contribution in [-0.2, 0) is 0 Å². The maximum atomic E-state index is 11.3. The van der Waals surface area contributed by atoms with Crippen LogP contribution in [0.2, 0.25) is 0 Å². The molecule has 0 saturated heterocycles. The molecule has 2 aliphatic carbocycles. The summed E-state index contributed by atoms with van der Waals surface area (Å²) in [6.45, 7) is 2.56. The minimum Gasteiger partial charge on any atom is -0.389 e. The molecule has 1 unspecified atom stereocenters. The lowest BCUT2D eigenvalue weighted by Gasteiger charge is -2.24. The van der Waals surface area contributed by atoms with Gasteiger partial charge in [-0.15, -0.1) is 0 Å². The zero-order valence-electron chi connectivity index (χ0n) is 11.7. The van der Waals surface area contributed by atoms with Crippen molar-refractivity contribution < 1.29 is 10.0 Å². The number of nitrogens with zero attached hydrogens (tertiary/aromatic N) is 2. The Balaban J connectivity index is 1.94. The number of anilines is 1. The molecule has 2 aliphatic rings. The normalized spacial score (nSPS) is 19.7. The third-order valence-corrected chi connectivity index (χ3v) is 4.13. The summed E-state index contributed by atoms with van der Waals surface area (Å²) in [4.78, 5) is 13.2. The van der Waals surface area contributed by atoms with Crippen LogP contribution in [0.15, 0.2) is 18.2 Å². The van der Waals surface area contributed by atoms with E-state index in [0.29, 0.717) is 23.2 Å². The van der Waals surface area contributed by atoms with Gasteiger partial charge in [0.25, 0.3) is 5.69 Å². The van der Waals surface area contributed by atoms with E-state index in [0.717, 1.165) is 19.4 Å². The number of aliphatic hydroxyl groups is 1. The van der Waals surface area contributed by atoms with E-state index < -0.39 is 6.10 Å². The first kappa shape index (κ1) is 13.4. The van der Waals surface area contributed by atoms with Crippen LogP contribution in [0.25, 0.3) is 0 Å². The van der Waals surface area contributed by atoms with Gasteiger partial charge >= 0.3 is 0 Å². The number of nitro benzene ring substituents is 1. The maximum Gasteiger partial charge on any atom is 0.292 e. The molecule has 0 aromatic heterocycles. The van der Waals surface area contributed by atoms with Crippen LogP contribution in [0.5, 0.6) is 0 Å². The summed E-state index contributed by atoms with van der Waals surface area (Å²) in [5.74, 6) is 0.701. The van der Waals surface area contributed by atoms with Gasteiger partial charge in [-0.3, -0.25) is 10.1 Å². The number of benzene rings is 1. The minimum absolute atomic E-state index is 0.121. The van der Waals surface area contributed by atoms with E-state index in [1.807, 2.05) is 0 Å². The Morgan fingerprint density at radius 1 is 1.40 bits per heavy atom. The summed E-state index contributed by atoms with van der Waals surface area (Å²) >= 11 is 0. The van der Waals surface area contributed by atoms with Gasteiger partial charge in [-0.25, -0.2) is 0 Å². The predicted molar refractivity (Wildman–Crippen MR) is 76.8 cm³/mol. The van der Waals surface area contributed by atoms with Crippen LogP contribution >= 0.6 is 0 Å². The third kappa shape index (κ3) is 2.77. The van der Waals surface area contributed by atoms with Crippen molar-refractivity contribution in [1.82, 2.24) is 0 Å². The largest absolute Gasteiger partial charge is 0.389 e. The lowest BCUT2D eigenvalue weighted by molar-refractivity contribution is -0.384. The quantitative estimate of drug-likeness (QED) is 0.640. The van der Waals surface area contributed by atoms with Crippen molar-refractivity contribution in [1.29, 1.82) is 0 Å². The fraction of sp³-hybridized carbons (Fsp3) is 0.600. The summed E-state index contributed by atoms with van der Waals surface area (Å²) in [5, 5.41) is 20.9. The molecule has 1 N–H and O–H groups in total. The second-order valence-corrected chi connectivity index (χ2v) is 6.01. The van der Waals surface area contributed by atoms with E-state index in [1.165, 1.54) is 18.9 Å². The fourth-order valence-corrected chi connectivity index (χ4v) is 2.60. The van der Waals surface area contributed by atoms with Gasteiger partial charge in [0, 0.05) is 18.7 Å². The molecule has 2 fully saturated rings. The first-order valence-electron chi connectivity index (χ1n) is 7.29. The van der Waals surface area contributed by atoms with Crippen LogP contribution in [-0.4, -0.2) is 22.6 Å². The van der Waals surface area contributed by atoms with Gasteiger partial charge in [-0.05, 0) is 50.2 Å². The van der Waals surface area contributed by atoms with E-state index in [4.69, 9.17) is 0 Å². The second kappa shape index (κ2) is 5.05. The highest BCUT2D eigenvalue weighted by atomic mass is 16.6. The van der Waals surface area contributed by atoms with Gasteiger partial charge in [0.2, 0.25) is 0 Å². The van der Waals surface area contributed by atoms with E-state index in [2.05, 4.69) is 4.90 Å². The molecule has 0 aliphatic heterocycles. The molecule has 108 valence electrons. The van der Waals surface area contributed by atoms with Crippen molar-refractivity contribution in [3.63, 3.8) is 0 Å². The molecule has 0 radical (unpaired) electrons. The summed E-state index contributed by atoms with van der Waals surface area (Å²) in [6, 6.07) is 5.59. The molecular weight excluding hydrogens is 256 g/mol. The van der Waals surface area contributed by atoms with Crippen molar-refractivity contribution in [3.8, 4) is 0 Å².